The van der Waals surface area contributed by atoms with E-state index in [0.29, 0.717) is 28.1 Å². The second-order valence-electron chi connectivity index (χ2n) is 4.73. The molecule has 2 aromatic carbocycles. The number of rotatable bonds is 3. The zero-order valence-electron chi connectivity index (χ0n) is 11.6. The van der Waals surface area contributed by atoms with E-state index in [9.17, 15) is 9.18 Å². The Labute approximate surface area is 131 Å². The third kappa shape index (κ3) is 2.65. The Morgan fingerprint density at radius 2 is 2.00 bits per heavy atom. The fraction of sp³-hybridized carbons (Fsp3) is 0.0588. The van der Waals surface area contributed by atoms with Gasteiger partial charge in [0.1, 0.15) is 11.6 Å². The molecule has 0 aliphatic rings. The van der Waals surface area contributed by atoms with Gasteiger partial charge in [0.2, 0.25) is 0 Å². The van der Waals surface area contributed by atoms with E-state index in [4.69, 9.17) is 16.3 Å². The predicted molar refractivity (Wildman–Crippen MR) is 83.9 cm³/mol. The van der Waals surface area contributed by atoms with Crippen LogP contribution >= 0.6 is 11.6 Å². The normalized spacial score (nSPS) is 10.7. The Morgan fingerprint density at radius 3 is 2.68 bits per heavy atom. The zero-order chi connectivity index (χ0) is 15.7. The average Bonchev–Trinajstić information content (AvgIpc) is 2.53. The molecule has 0 saturated carbocycles. The van der Waals surface area contributed by atoms with Gasteiger partial charge < -0.3 is 4.74 Å². The molecule has 0 radical (unpaired) electrons. The maximum Gasteiger partial charge on any atom is 0.252 e. The van der Waals surface area contributed by atoms with Crippen molar-refractivity contribution < 1.29 is 13.9 Å². The first-order valence-electron chi connectivity index (χ1n) is 6.53. The van der Waals surface area contributed by atoms with Crippen molar-refractivity contribution in [1.29, 1.82) is 0 Å². The highest BCUT2D eigenvalue weighted by Gasteiger charge is 2.11. The number of ether oxygens (including phenoxy) is 1. The van der Waals surface area contributed by atoms with Crippen LogP contribution in [-0.4, -0.2) is 17.3 Å². The van der Waals surface area contributed by atoms with Crippen LogP contribution in [0.2, 0.25) is 0 Å². The minimum absolute atomic E-state index is 0.344. The molecule has 0 saturated heterocycles. The summed E-state index contributed by atoms with van der Waals surface area (Å²) >= 11 is 5.51. The fourth-order valence-electron chi connectivity index (χ4n) is 2.28. The van der Waals surface area contributed by atoms with Crippen LogP contribution in [0.4, 0.5) is 4.39 Å². The van der Waals surface area contributed by atoms with Crippen LogP contribution in [0.15, 0.2) is 48.5 Å². The minimum Gasteiger partial charge on any atom is -0.496 e. The average molecular weight is 316 g/mol. The topological polar surface area (TPSA) is 39.2 Å². The van der Waals surface area contributed by atoms with Gasteiger partial charge in [-0.15, -0.1) is 0 Å². The van der Waals surface area contributed by atoms with Gasteiger partial charge in [-0.05, 0) is 41.9 Å². The molecule has 0 spiro atoms. The molecule has 3 aromatic rings. The number of fused-ring (bicyclic) bond motifs is 1. The molecular formula is C17H11ClFNO2. The molecule has 0 amide bonds. The van der Waals surface area contributed by atoms with E-state index in [1.54, 1.807) is 43.5 Å². The molecule has 1 heterocycles. The first kappa shape index (κ1) is 14.5. The summed E-state index contributed by atoms with van der Waals surface area (Å²) in [6.07, 6.45) is 0. The number of carbonyl (C=O) groups is 1. The number of benzene rings is 2. The van der Waals surface area contributed by atoms with Gasteiger partial charge in [-0.1, -0.05) is 12.1 Å². The first-order chi connectivity index (χ1) is 10.6. The summed E-state index contributed by atoms with van der Waals surface area (Å²) < 4.78 is 18.8. The van der Waals surface area contributed by atoms with E-state index in [2.05, 4.69) is 4.98 Å². The van der Waals surface area contributed by atoms with E-state index in [-0.39, 0.29) is 5.82 Å². The van der Waals surface area contributed by atoms with Crippen LogP contribution in [0.25, 0.3) is 22.2 Å². The number of halogens is 2. The molecule has 1 aromatic heterocycles. The molecule has 0 atom stereocenters. The van der Waals surface area contributed by atoms with Crippen LogP contribution in [0.1, 0.15) is 10.4 Å². The molecular weight excluding hydrogens is 305 g/mol. The van der Waals surface area contributed by atoms with E-state index >= 15 is 0 Å². The molecule has 3 nitrogen and oxygen atoms in total. The summed E-state index contributed by atoms with van der Waals surface area (Å²) in [5.74, 6) is 0.251. The lowest BCUT2D eigenvalue weighted by atomic mass is 10.1. The molecule has 0 aliphatic carbocycles. The number of carbonyl (C=O) groups excluding carboxylic acids is 1. The Kier molecular flexibility index (Phi) is 3.77. The van der Waals surface area contributed by atoms with Gasteiger partial charge in [-0.2, -0.15) is 0 Å². The van der Waals surface area contributed by atoms with Crippen molar-refractivity contribution in [2.75, 3.05) is 7.11 Å². The van der Waals surface area contributed by atoms with E-state index in [0.717, 1.165) is 5.39 Å². The molecule has 3 rings (SSSR count). The number of pyridine rings is 1. The fourth-order valence-corrected chi connectivity index (χ4v) is 2.40. The SMILES string of the molecule is COc1cc(-c2cccc(F)c2)nc2cc(C(=O)Cl)ccc12. The molecule has 0 fully saturated rings. The first-order valence-corrected chi connectivity index (χ1v) is 6.91. The van der Waals surface area contributed by atoms with E-state index in [1.807, 2.05) is 0 Å². The summed E-state index contributed by atoms with van der Waals surface area (Å²) in [5, 5.41) is 0.197. The number of nitrogens with zero attached hydrogens (tertiary/aromatic N) is 1. The third-order valence-corrected chi connectivity index (χ3v) is 3.56. The van der Waals surface area contributed by atoms with Crippen molar-refractivity contribution in [2.24, 2.45) is 0 Å². The van der Waals surface area contributed by atoms with Gasteiger partial charge in [0.05, 0.1) is 18.3 Å². The molecule has 0 unspecified atom stereocenters. The summed E-state index contributed by atoms with van der Waals surface area (Å²) in [6, 6.07) is 12.8. The lowest BCUT2D eigenvalue weighted by Crippen LogP contribution is -1.94. The van der Waals surface area contributed by atoms with Gasteiger partial charge in [0, 0.05) is 22.6 Å². The molecule has 22 heavy (non-hydrogen) atoms. The quantitative estimate of drug-likeness (QED) is 0.671. The van der Waals surface area contributed by atoms with Gasteiger partial charge >= 0.3 is 0 Å². The van der Waals surface area contributed by atoms with Crippen molar-refractivity contribution in [1.82, 2.24) is 4.98 Å². The maximum absolute atomic E-state index is 13.4. The maximum atomic E-state index is 13.4. The van der Waals surface area contributed by atoms with Crippen LogP contribution < -0.4 is 4.74 Å². The minimum atomic E-state index is -0.557. The molecule has 5 heteroatoms. The monoisotopic (exact) mass is 315 g/mol. The second-order valence-corrected chi connectivity index (χ2v) is 5.07. The van der Waals surface area contributed by atoms with E-state index in [1.165, 1.54) is 12.1 Å². The predicted octanol–water partition coefficient (Wildman–Crippen LogP) is 4.43. The largest absolute Gasteiger partial charge is 0.496 e. The summed E-state index contributed by atoms with van der Waals surface area (Å²) in [4.78, 5) is 15.8. The number of hydrogen-bond donors (Lipinski definition) is 0. The van der Waals surface area contributed by atoms with Gasteiger partial charge in [-0.3, -0.25) is 4.79 Å². The van der Waals surface area contributed by atoms with Crippen molar-refractivity contribution in [3.8, 4) is 17.0 Å². The Morgan fingerprint density at radius 1 is 1.18 bits per heavy atom. The lowest BCUT2D eigenvalue weighted by molar-refractivity contribution is 0.108. The van der Waals surface area contributed by atoms with Gasteiger partial charge in [0.25, 0.3) is 5.24 Å². The third-order valence-electron chi connectivity index (χ3n) is 3.34. The highest BCUT2D eigenvalue weighted by Crippen LogP contribution is 2.30. The van der Waals surface area contributed by atoms with Crippen molar-refractivity contribution in [3.05, 3.63) is 59.9 Å². The van der Waals surface area contributed by atoms with Crippen molar-refractivity contribution >= 4 is 27.7 Å². The van der Waals surface area contributed by atoms with Crippen LogP contribution in [0.5, 0.6) is 5.75 Å². The van der Waals surface area contributed by atoms with Crippen molar-refractivity contribution in [3.63, 3.8) is 0 Å². The lowest BCUT2D eigenvalue weighted by Gasteiger charge is -2.09. The van der Waals surface area contributed by atoms with Gasteiger partial charge in [-0.25, -0.2) is 9.37 Å². The highest BCUT2D eigenvalue weighted by atomic mass is 35.5. The summed E-state index contributed by atoms with van der Waals surface area (Å²) in [7, 11) is 1.55. The smallest absolute Gasteiger partial charge is 0.252 e. The second kappa shape index (κ2) is 5.73. The molecule has 0 aliphatic heterocycles. The standard InChI is InChI=1S/C17H11ClFNO2/c1-22-16-9-14(10-3-2-4-12(19)7-10)20-15-8-11(17(18)21)5-6-13(15)16/h2-9H,1H3. The van der Waals surface area contributed by atoms with Crippen LogP contribution in [0, 0.1) is 5.82 Å². The number of aromatic nitrogens is 1. The molecule has 110 valence electrons. The highest BCUT2D eigenvalue weighted by molar-refractivity contribution is 6.67. The number of methoxy groups -OCH3 is 1. The summed E-state index contributed by atoms with van der Waals surface area (Å²) in [6.45, 7) is 0. The van der Waals surface area contributed by atoms with E-state index < -0.39 is 5.24 Å². The zero-order valence-corrected chi connectivity index (χ0v) is 12.4. The molecule has 0 N–H and O–H groups in total. The summed E-state index contributed by atoms with van der Waals surface area (Å²) in [5.41, 5.74) is 2.09. The molecule has 0 bridgehead atoms. The Hall–Kier alpha value is -2.46. The van der Waals surface area contributed by atoms with Crippen LogP contribution in [0.3, 0.4) is 0 Å². The van der Waals surface area contributed by atoms with Gasteiger partial charge in [0.15, 0.2) is 0 Å². The van der Waals surface area contributed by atoms with Crippen molar-refractivity contribution in [2.45, 2.75) is 0 Å². The number of hydrogen-bond acceptors (Lipinski definition) is 3. The Bertz CT molecular complexity index is 880. The Balaban J connectivity index is 2.25. The van der Waals surface area contributed by atoms with Crippen LogP contribution in [-0.2, 0) is 0 Å².